The molecule has 1 saturated heterocycles. The van der Waals surface area contributed by atoms with Crippen LogP contribution in [0.25, 0.3) is 10.5 Å². The fourth-order valence-electron chi connectivity index (χ4n) is 4.28. The molecular formula is C23H25ClN10O. The number of fused-ring (bicyclic) bond motifs is 1. The number of aromatic nitrogens is 4. The normalized spacial score (nSPS) is 15.3. The van der Waals surface area contributed by atoms with E-state index in [2.05, 4.69) is 41.5 Å². The Labute approximate surface area is 207 Å². The van der Waals surface area contributed by atoms with Gasteiger partial charge in [0.2, 0.25) is 5.91 Å². The largest absolute Gasteiger partial charge is 0.368 e. The van der Waals surface area contributed by atoms with E-state index < -0.39 is 0 Å². The number of nitrogens with zero attached hydrogens (tertiary/aromatic N) is 7. The molecule has 4 rings (SSSR count). The number of nitrogens with one attached hydrogen (secondary N) is 2. The Morgan fingerprint density at radius 2 is 2.17 bits per heavy atom. The predicted molar refractivity (Wildman–Crippen MR) is 133 cm³/mol. The number of anilines is 3. The summed E-state index contributed by atoms with van der Waals surface area (Å²) in [6.45, 7) is 13.1. The standard InChI is InChI=1S/C23H25ClN10O/c1-4-28-21-22-29-12-18(27-3)34(22)32-23(31-21)30-17-10-14(11-25)9-16(19(17)24)15-5-7-33(8-6-15)13(2)20(26)35/h9-10,12-13,15H,4-8H2,1-2H3,(H2,26,35)(H2,28,30,31,32). The lowest BCUT2D eigenvalue weighted by Crippen LogP contribution is -2.46. The van der Waals surface area contributed by atoms with Crippen LogP contribution in [0.1, 0.15) is 43.7 Å². The van der Waals surface area contributed by atoms with Crippen molar-refractivity contribution in [2.24, 2.45) is 5.73 Å². The fourth-order valence-corrected chi connectivity index (χ4v) is 4.59. The molecule has 12 heteroatoms. The van der Waals surface area contributed by atoms with E-state index in [0.717, 1.165) is 18.4 Å². The Hall–Kier alpha value is -3.93. The molecule has 1 aliphatic heterocycles. The number of amides is 1. The van der Waals surface area contributed by atoms with Crippen molar-refractivity contribution < 1.29 is 4.79 Å². The zero-order valence-corrected chi connectivity index (χ0v) is 20.2. The smallest absolute Gasteiger partial charge is 0.275 e. The van der Waals surface area contributed by atoms with Crippen LogP contribution < -0.4 is 16.4 Å². The average Bonchev–Trinajstić information content (AvgIpc) is 3.28. The second-order valence-electron chi connectivity index (χ2n) is 8.33. The maximum Gasteiger partial charge on any atom is 0.275 e. The van der Waals surface area contributed by atoms with Gasteiger partial charge in [-0.25, -0.2) is 4.98 Å². The second-order valence-corrected chi connectivity index (χ2v) is 8.71. The summed E-state index contributed by atoms with van der Waals surface area (Å²) in [6, 6.07) is 5.34. The Morgan fingerprint density at radius 3 is 2.80 bits per heavy atom. The second kappa shape index (κ2) is 10.1. The molecule has 0 aliphatic carbocycles. The molecular weight excluding hydrogens is 468 g/mol. The number of hydrogen-bond donors (Lipinski definition) is 3. The number of imidazole rings is 1. The van der Waals surface area contributed by atoms with Crippen molar-refractivity contribution in [1.29, 1.82) is 5.26 Å². The molecule has 180 valence electrons. The van der Waals surface area contributed by atoms with E-state index >= 15 is 0 Å². The van der Waals surface area contributed by atoms with E-state index in [-0.39, 0.29) is 29.6 Å². The monoisotopic (exact) mass is 492 g/mol. The van der Waals surface area contributed by atoms with Crippen LogP contribution in [0.2, 0.25) is 5.02 Å². The van der Waals surface area contributed by atoms with E-state index in [1.54, 1.807) is 6.07 Å². The summed E-state index contributed by atoms with van der Waals surface area (Å²) in [7, 11) is 0. The third-order valence-electron chi connectivity index (χ3n) is 6.21. The van der Waals surface area contributed by atoms with Crippen molar-refractivity contribution in [3.05, 3.63) is 45.9 Å². The topological polar surface area (TPSA) is 142 Å². The van der Waals surface area contributed by atoms with E-state index in [0.29, 0.717) is 47.4 Å². The lowest BCUT2D eigenvalue weighted by atomic mass is 9.87. The Morgan fingerprint density at radius 1 is 1.43 bits per heavy atom. The SMILES string of the molecule is [C-]#[N+]c1cnc2c(NCC)nc(Nc3cc(C#N)cc(C4CCN(C(C)C(N)=O)CC4)c3Cl)nn12. The molecule has 0 radical (unpaired) electrons. The van der Waals surface area contributed by atoms with Gasteiger partial charge in [-0.15, -0.1) is 4.52 Å². The maximum absolute atomic E-state index is 11.6. The molecule has 4 N–H and O–H groups in total. The van der Waals surface area contributed by atoms with E-state index in [1.165, 1.54) is 10.7 Å². The minimum absolute atomic E-state index is 0.121. The molecule has 1 unspecified atom stereocenters. The maximum atomic E-state index is 11.6. The van der Waals surface area contributed by atoms with Gasteiger partial charge in [0.15, 0.2) is 5.82 Å². The first-order valence-corrected chi connectivity index (χ1v) is 11.6. The lowest BCUT2D eigenvalue weighted by Gasteiger charge is -2.35. The molecule has 3 aromatic rings. The minimum atomic E-state index is -0.340. The van der Waals surface area contributed by atoms with Crippen LogP contribution in [0, 0.1) is 17.9 Å². The molecule has 35 heavy (non-hydrogen) atoms. The van der Waals surface area contributed by atoms with Gasteiger partial charge in [-0.1, -0.05) is 23.3 Å². The molecule has 1 aliphatic rings. The van der Waals surface area contributed by atoms with Gasteiger partial charge in [0.25, 0.3) is 17.4 Å². The van der Waals surface area contributed by atoms with Crippen LogP contribution in [0.4, 0.5) is 23.3 Å². The van der Waals surface area contributed by atoms with Crippen molar-refractivity contribution >= 4 is 46.4 Å². The first-order valence-electron chi connectivity index (χ1n) is 11.3. The van der Waals surface area contributed by atoms with Crippen molar-refractivity contribution in [3.63, 3.8) is 0 Å². The molecule has 1 amide bonds. The predicted octanol–water partition coefficient (Wildman–Crippen LogP) is 3.43. The van der Waals surface area contributed by atoms with Crippen LogP contribution in [-0.4, -0.2) is 56.1 Å². The summed E-state index contributed by atoms with van der Waals surface area (Å²) >= 11 is 6.83. The van der Waals surface area contributed by atoms with Gasteiger partial charge in [0.05, 0.1) is 34.6 Å². The fraction of sp³-hybridized carbons (Fsp3) is 0.391. The van der Waals surface area contributed by atoms with Crippen molar-refractivity contribution in [2.45, 2.75) is 38.6 Å². The molecule has 1 aromatic carbocycles. The number of carbonyl (C=O) groups excluding carboxylic acids is 1. The molecule has 0 spiro atoms. The van der Waals surface area contributed by atoms with E-state index in [9.17, 15) is 10.1 Å². The Kier molecular flexibility index (Phi) is 7.01. The highest BCUT2D eigenvalue weighted by atomic mass is 35.5. The number of nitrogens with two attached hydrogens (primary N) is 1. The number of halogens is 1. The summed E-state index contributed by atoms with van der Waals surface area (Å²) in [5.41, 5.74) is 7.72. The number of carbonyl (C=O) groups is 1. The number of nitriles is 1. The van der Waals surface area contributed by atoms with Gasteiger partial charge in [-0.3, -0.25) is 9.69 Å². The first-order chi connectivity index (χ1) is 16.9. The van der Waals surface area contributed by atoms with Gasteiger partial charge in [0.1, 0.15) is 0 Å². The Bertz CT molecular complexity index is 1350. The third kappa shape index (κ3) is 4.83. The van der Waals surface area contributed by atoms with Crippen LogP contribution in [0.3, 0.4) is 0 Å². The van der Waals surface area contributed by atoms with Gasteiger partial charge >= 0.3 is 0 Å². The number of benzene rings is 1. The molecule has 0 saturated carbocycles. The van der Waals surface area contributed by atoms with Gasteiger partial charge in [0, 0.05) is 6.54 Å². The van der Waals surface area contributed by atoms with Crippen molar-refractivity contribution in [3.8, 4) is 6.07 Å². The third-order valence-corrected chi connectivity index (χ3v) is 6.63. The molecule has 1 atom stereocenters. The molecule has 2 aromatic heterocycles. The zero-order valence-electron chi connectivity index (χ0n) is 19.4. The summed E-state index contributed by atoms with van der Waals surface area (Å²) in [5.74, 6) is 0.718. The highest BCUT2D eigenvalue weighted by molar-refractivity contribution is 6.34. The average molecular weight is 493 g/mol. The summed E-state index contributed by atoms with van der Waals surface area (Å²) < 4.78 is 1.42. The summed E-state index contributed by atoms with van der Waals surface area (Å²) in [4.78, 5) is 25.8. The lowest BCUT2D eigenvalue weighted by molar-refractivity contribution is -0.123. The summed E-state index contributed by atoms with van der Waals surface area (Å²) in [5, 5.41) is 20.8. The number of likely N-dealkylation sites (tertiary alicyclic amines) is 1. The van der Waals surface area contributed by atoms with Gasteiger partial charge < -0.3 is 21.2 Å². The van der Waals surface area contributed by atoms with Crippen LogP contribution in [-0.2, 0) is 4.79 Å². The quantitative estimate of drug-likeness (QED) is 0.426. The summed E-state index contributed by atoms with van der Waals surface area (Å²) in [6.07, 6.45) is 3.00. The van der Waals surface area contributed by atoms with Crippen molar-refractivity contribution in [1.82, 2.24) is 24.5 Å². The number of piperidine rings is 1. The Balaban J connectivity index is 1.66. The molecule has 0 bridgehead atoms. The van der Waals surface area contributed by atoms with Crippen LogP contribution in [0.5, 0.6) is 0 Å². The number of hydrogen-bond acceptors (Lipinski definition) is 8. The number of primary amides is 1. The highest BCUT2D eigenvalue weighted by Crippen LogP contribution is 2.39. The molecule has 11 nitrogen and oxygen atoms in total. The molecule has 3 heterocycles. The number of rotatable bonds is 7. The minimum Gasteiger partial charge on any atom is -0.368 e. The van der Waals surface area contributed by atoms with E-state index in [1.807, 2.05) is 19.9 Å². The van der Waals surface area contributed by atoms with Gasteiger partial charge in [-0.05, 0) is 63.4 Å². The van der Waals surface area contributed by atoms with Crippen LogP contribution in [0.15, 0.2) is 18.3 Å². The van der Waals surface area contributed by atoms with Gasteiger partial charge in [-0.2, -0.15) is 10.2 Å². The van der Waals surface area contributed by atoms with E-state index in [4.69, 9.17) is 23.9 Å². The van der Waals surface area contributed by atoms with Crippen LogP contribution >= 0.6 is 11.6 Å². The highest BCUT2D eigenvalue weighted by Gasteiger charge is 2.28. The zero-order chi connectivity index (χ0) is 25.1. The molecule has 1 fully saturated rings. The first kappa shape index (κ1) is 24.2. The van der Waals surface area contributed by atoms with Crippen molar-refractivity contribution in [2.75, 3.05) is 30.3 Å².